The van der Waals surface area contributed by atoms with Gasteiger partial charge in [0.25, 0.3) is 11.7 Å². The minimum absolute atomic E-state index is 0.0232. The lowest BCUT2D eigenvalue weighted by Gasteiger charge is -2.26. The second-order valence-electron chi connectivity index (χ2n) is 8.66. The first-order valence-electron chi connectivity index (χ1n) is 11.3. The van der Waals surface area contributed by atoms with Crippen LogP contribution in [0, 0.1) is 0 Å². The fraction of sp³-hybridized carbons (Fsp3) is 0.333. The Hall–Kier alpha value is -3.58. The van der Waals surface area contributed by atoms with Crippen molar-refractivity contribution >= 4 is 17.4 Å². The van der Waals surface area contributed by atoms with Crippen LogP contribution < -0.4 is 9.47 Å². The fourth-order valence-electron chi connectivity index (χ4n) is 3.79. The van der Waals surface area contributed by atoms with E-state index >= 15 is 0 Å². The molecule has 1 heterocycles. The second kappa shape index (κ2) is 11.0. The molecule has 2 aromatic carbocycles. The van der Waals surface area contributed by atoms with Gasteiger partial charge in [-0.1, -0.05) is 24.8 Å². The number of likely N-dealkylation sites (N-methyl/N-ethyl adjacent to an activating group) is 1. The van der Waals surface area contributed by atoms with Crippen molar-refractivity contribution in [3.63, 3.8) is 0 Å². The van der Waals surface area contributed by atoms with Crippen molar-refractivity contribution in [3.8, 4) is 11.5 Å². The van der Waals surface area contributed by atoms with E-state index in [1.165, 1.54) is 4.90 Å². The molecule has 1 amide bonds. The monoisotopic (exact) mass is 464 g/mol. The number of carbonyl (C=O) groups excluding carboxylic acids is 2. The lowest BCUT2D eigenvalue weighted by atomic mass is 9.95. The highest BCUT2D eigenvalue weighted by Crippen LogP contribution is 2.39. The molecule has 34 heavy (non-hydrogen) atoms. The summed E-state index contributed by atoms with van der Waals surface area (Å²) in [5.74, 6) is -0.231. The van der Waals surface area contributed by atoms with E-state index < -0.39 is 17.7 Å². The number of nitrogens with zero attached hydrogens (tertiary/aromatic N) is 2. The highest BCUT2D eigenvalue weighted by atomic mass is 16.5. The molecule has 0 aromatic heterocycles. The summed E-state index contributed by atoms with van der Waals surface area (Å²) in [5, 5.41) is 11.2. The third-order valence-electron chi connectivity index (χ3n) is 5.39. The van der Waals surface area contributed by atoms with Crippen molar-refractivity contribution in [1.82, 2.24) is 9.80 Å². The lowest BCUT2D eigenvalue weighted by Crippen LogP contribution is -2.35. The van der Waals surface area contributed by atoms with E-state index in [0.29, 0.717) is 36.8 Å². The number of Topliss-reactive ketones (excluding diaryl/α,β-unsaturated/α-hetero) is 1. The molecule has 1 aliphatic heterocycles. The van der Waals surface area contributed by atoms with Gasteiger partial charge in [-0.3, -0.25) is 9.59 Å². The van der Waals surface area contributed by atoms with E-state index in [9.17, 15) is 14.7 Å². The maximum absolute atomic E-state index is 13.1. The summed E-state index contributed by atoms with van der Waals surface area (Å²) >= 11 is 0. The van der Waals surface area contributed by atoms with Gasteiger partial charge in [-0.2, -0.15) is 0 Å². The van der Waals surface area contributed by atoms with Crippen LogP contribution in [0.25, 0.3) is 5.76 Å². The van der Waals surface area contributed by atoms with Crippen LogP contribution in [0.2, 0.25) is 0 Å². The zero-order valence-corrected chi connectivity index (χ0v) is 20.2. The van der Waals surface area contributed by atoms with Crippen molar-refractivity contribution < 1.29 is 24.2 Å². The van der Waals surface area contributed by atoms with Crippen LogP contribution >= 0.6 is 0 Å². The summed E-state index contributed by atoms with van der Waals surface area (Å²) in [6.07, 6.45) is 1.66. The molecular formula is C27H32N2O5. The summed E-state index contributed by atoms with van der Waals surface area (Å²) in [6.45, 7) is 8.79. The van der Waals surface area contributed by atoms with E-state index in [4.69, 9.17) is 9.47 Å². The van der Waals surface area contributed by atoms with Crippen molar-refractivity contribution in [3.05, 3.63) is 77.9 Å². The molecule has 3 rings (SSSR count). The van der Waals surface area contributed by atoms with E-state index in [0.717, 1.165) is 5.56 Å². The molecule has 7 heteroatoms. The van der Waals surface area contributed by atoms with Crippen LogP contribution in [0.1, 0.15) is 31.0 Å². The first kappa shape index (κ1) is 25.1. The minimum Gasteiger partial charge on any atom is -0.507 e. The standard InChI is InChI=1S/C27H32N2O5/c1-6-17-33-21-11-9-20(10-12-21)25(30)23-24(19-7-13-22(14-8-19)34-18(2)3)29(16-15-28(4)5)27(32)26(23)31/h6-14,18,24,30H,1,15-17H2,2-5H3/b25-23+. The molecule has 1 N–H and O–H groups in total. The average molecular weight is 465 g/mol. The summed E-state index contributed by atoms with van der Waals surface area (Å²) in [6, 6.07) is 13.3. The number of amides is 1. The van der Waals surface area contributed by atoms with E-state index in [1.807, 2.05) is 57.1 Å². The predicted octanol–water partition coefficient (Wildman–Crippen LogP) is 4.02. The molecule has 0 saturated carbocycles. The molecular weight excluding hydrogens is 432 g/mol. The van der Waals surface area contributed by atoms with Crippen molar-refractivity contribution in [2.24, 2.45) is 0 Å². The average Bonchev–Trinajstić information content (AvgIpc) is 3.06. The van der Waals surface area contributed by atoms with Crippen LogP contribution in [-0.2, 0) is 9.59 Å². The van der Waals surface area contributed by atoms with Gasteiger partial charge in [0.15, 0.2) is 0 Å². The van der Waals surface area contributed by atoms with E-state index in [2.05, 4.69) is 6.58 Å². The predicted molar refractivity (Wildman–Crippen MR) is 132 cm³/mol. The Morgan fingerprint density at radius 2 is 1.71 bits per heavy atom. The Labute approximate surface area is 200 Å². The minimum atomic E-state index is -0.704. The van der Waals surface area contributed by atoms with Crippen LogP contribution in [0.4, 0.5) is 0 Å². The Bertz CT molecular complexity index is 1060. The number of rotatable bonds is 10. The number of hydrogen-bond acceptors (Lipinski definition) is 6. The summed E-state index contributed by atoms with van der Waals surface area (Å²) < 4.78 is 11.2. The molecule has 1 atom stereocenters. The summed E-state index contributed by atoms with van der Waals surface area (Å²) in [5.41, 5.74) is 1.23. The first-order chi connectivity index (χ1) is 16.2. The number of hydrogen-bond donors (Lipinski definition) is 1. The summed E-state index contributed by atoms with van der Waals surface area (Å²) in [4.78, 5) is 29.6. The highest BCUT2D eigenvalue weighted by Gasteiger charge is 2.45. The quantitative estimate of drug-likeness (QED) is 0.248. The zero-order valence-electron chi connectivity index (χ0n) is 20.2. The maximum Gasteiger partial charge on any atom is 0.295 e. The van der Waals surface area contributed by atoms with Crippen molar-refractivity contribution in [2.45, 2.75) is 26.0 Å². The SMILES string of the molecule is C=CCOc1ccc(/C(O)=C2\C(=O)C(=O)N(CCN(C)C)C2c2ccc(OC(C)C)cc2)cc1. The van der Waals surface area contributed by atoms with Crippen LogP contribution in [-0.4, -0.2) is 66.5 Å². The first-order valence-corrected chi connectivity index (χ1v) is 11.3. The molecule has 2 aromatic rings. The number of ether oxygens (including phenoxy) is 2. The molecule has 1 unspecified atom stereocenters. The molecule has 0 bridgehead atoms. The smallest absolute Gasteiger partial charge is 0.295 e. The van der Waals surface area contributed by atoms with Crippen LogP contribution in [0.15, 0.2) is 66.8 Å². The fourth-order valence-corrected chi connectivity index (χ4v) is 3.79. The third-order valence-corrected chi connectivity index (χ3v) is 5.39. The Kier molecular flexibility index (Phi) is 8.12. The van der Waals surface area contributed by atoms with Gasteiger partial charge in [0, 0.05) is 18.7 Å². The van der Waals surface area contributed by atoms with Gasteiger partial charge >= 0.3 is 0 Å². The topological polar surface area (TPSA) is 79.3 Å². The van der Waals surface area contributed by atoms with Crippen LogP contribution in [0.5, 0.6) is 11.5 Å². The molecule has 1 fully saturated rings. The number of likely N-dealkylation sites (tertiary alicyclic amines) is 1. The third kappa shape index (κ3) is 5.66. The van der Waals surface area contributed by atoms with Gasteiger partial charge in [-0.15, -0.1) is 0 Å². The molecule has 1 saturated heterocycles. The number of ketones is 1. The van der Waals surface area contributed by atoms with E-state index in [-0.39, 0.29) is 17.4 Å². The Morgan fingerprint density at radius 3 is 2.26 bits per heavy atom. The molecule has 0 aliphatic carbocycles. The Morgan fingerprint density at radius 1 is 1.09 bits per heavy atom. The number of benzene rings is 2. The summed E-state index contributed by atoms with van der Waals surface area (Å²) in [7, 11) is 3.80. The largest absolute Gasteiger partial charge is 0.507 e. The van der Waals surface area contributed by atoms with Gasteiger partial charge in [0.2, 0.25) is 0 Å². The van der Waals surface area contributed by atoms with Gasteiger partial charge in [0.05, 0.1) is 17.7 Å². The van der Waals surface area contributed by atoms with Gasteiger partial charge < -0.3 is 24.4 Å². The molecule has 7 nitrogen and oxygen atoms in total. The highest BCUT2D eigenvalue weighted by molar-refractivity contribution is 6.46. The maximum atomic E-state index is 13.1. The van der Waals surface area contributed by atoms with Crippen molar-refractivity contribution in [2.75, 3.05) is 33.8 Å². The zero-order chi connectivity index (χ0) is 24.8. The molecule has 0 spiro atoms. The molecule has 180 valence electrons. The number of carbonyl (C=O) groups is 2. The molecule has 1 aliphatic rings. The second-order valence-corrected chi connectivity index (χ2v) is 8.66. The normalized spacial score (nSPS) is 17.5. The van der Waals surface area contributed by atoms with Gasteiger partial charge in [-0.25, -0.2) is 0 Å². The van der Waals surface area contributed by atoms with Crippen LogP contribution in [0.3, 0.4) is 0 Å². The van der Waals surface area contributed by atoms with Gasteiger partial charge in [0.1, 0.15) is 23.9 Å². The lowest BCUT2D eigenvalue weighted by molar-refractivity contribution is -0.140. The number of aliphatic hydroxyl groups is 1. The number of aliphatic hydroxyl groups excluding tert-OH is 1. The van der Waals surface area contributed by atoms with Gasteiger partial charge in [-0.05, 0) is 69.9 Å². The molecule has 0 radical (unpaired) electrons. The van der Waals surface area contributed by atoms with Crippen molar-refractivity contribution in [1.29, 1.82) is 0 Å². The van der Waals surface area contributed by atoms with E-state index in [1.54, 1.807) is 30.3 Å². The Balaban J connectivity index is 2.04.